The van der Waals surface area contributed by atoms with Crippen LogP contribution in [0.2, 0.25) is 0 Å². The first-order valence-corrected chi connectivity index (χ1v) is 6.05. The molecule has 100 valence electrons. The summed E-state index contributed by atoms with van der Waals surface area (Å²) in [6.45, 7) is 1.19. The summed E-state index contributed by atoms with van der Waals surface area (Å²) in [5.74, 6) is 0.138. The second kappa shape index (κ2) is 5.28. The number of benzene rings is 1. The molecule has 2 atom stereocenters. The lowest BCUT2D eigenvalue weighted by atomic mass is 9.95. The molecule has 1 aliphatic heterocycles. The van der Waals surface area contributed by atoms with E-state index in [4.69, 9.17) is 5.73 Å². The van der Waals surface area contributed by atoms with Crippen molar-refractivity contribution < 1.29 is 13.2 Å². The van der Waals surface area contributed by atoms with E-state index >= 15 is 0 Å². The largest absolute Gasteiger partial charge is 0.390 e. The van der Waals surface area contributed by atoms with Crippen molar-refractivity contribution in [3.63, 3.8) is 0 Å². The van der Waals surface area contributed by atoms with Crippen LogP contribution >= 0.6 is 0 Å². The van der Waals surface area contributed by atoms with Crippen molar-refractivity contribution in [2.75, 3.05) is 19.6 Å². The lowest BCUT2D eigenvalue weighted by Crippen LogP contribution is -2.30. The van der Waals surface area contributed by atoms with E-state index in [0.717, 1.165) is 5.56 Å². The van der Waals surface area contributed by atoms with Crippen LogP contribution in [0.25, 0.3) is 0 Å². The lowest BCUT2D eigenvalue weighted by Gasteiger charge is -2.16. The first-order chi connectivity index (χ1) is 8.46. The fourth-order valence-electron chi connectivity index (χ4n) is 2.43. The summed E-state index contributed by atoms with van der Waals surface area (Å²) >= 11 is 0. The van der Waals surface area contributed by atoms with Gasteiger partial charge in [-0.25, -0.2) is 0 Å². The zero-order valence-corrected chi connectivity index (χ0v) is 10.0. The highest BCUT2D eigenvalue weighted by Gasteiger charge is 2.34. The highest BCUT2D eigenvalue weighted by molar-refractivity contribution is 5.23. The van der Waals surface area contributed by atoms with E-state index in [1.807, 2.05) is 30.3 Å². The molecule has 0 saturated carbocycles. The van der Waals surface area contributed by atoms with E-state index in [1.165, 1.54) is 0 Å². The molecule has 1 aliphatic rings. The summed E-state index contributed by atoms with van der Waals surface area (Å²) < 4.78 is 36.5. The van der Waals surface area contributed by atoms with E-state index in [0.29, 0.717) is 13.1 Å². The summed E-state index contributed by atoms with van der Waals surface area (Å²) in [6, 6.07) is 9.67. The van der Waals surface area contributed by atoms with Gasteiger partial charge in [-0.3, -0.25) is 0 Å². The number of rotatable bonds is 3. The first kappa shape index (κ1) is 13.4. The quantitative estimate of drug-likeness (QED) is 0.901. The fourth-order valence-corrected chi connectivity index (χ4v) is 2.43. The van der Waals surface area contributed by atoms with E-state index in [2.05, 4.69) is 0 Å². The van der Waals surface area contributed by atoms with Crippen molar-refractivity contribution >= 4 is 0 Å². The minimum Gasteiger partial charge on any atom is -0.326 e. The van der Waals surface area contributed by atoms with Gasteiger partial charge in [0.2, 0.25) is 0 Å². The molecule has 0 aliphatic carbocycles. The Morgan fingerprint density at radius 1 is 1.17 bits per heavy atom. The number of halogens is 3. The van der Waals surface area contributed by atoms with Gasteiger partial charge in [-0.05, 0) is 5.56 Å². The number of likely N-dealkylation sites (tertiary alicyclic amines) is 1. The molecule has 1 heterocycles. The predicted octanol–water partition coefficient (Wildman–Crippen LogP) is 2.37. The molecule has 0 bridgehead atoms. The Morgan fingerprint density at radius 3 is 2.44 bits per heavy atom. The molecule has 0 unspecified atom stereocenters. The lowest BCUT2D eigenvalue weighted by molar-refractivity contribution is -0.137. The fraction of sp³-hybridized carbons (Fsp3) is 0.538. The summed E-state index contributed by atoms with van der Waals surface area (Å²) in [7, 11) is 0. The van der Waals surface area contributed by atoms with E-state index < -0.39 is 12.6 Å². The van der Waals surface area contributed by atoms with Gasteiger partial charge in [0.25, 0.3) is 0 Å². The molecule has 2 nitrogen and oxygen atoms in total. The molecule has 1 fully saturated rings. The molecule has 1 saturated heterocycles. The Hall–Kier alpha value is -1.07. The van der Waals surface area contributed by atoms with Crippen LogP contribution < -0.4 is 5.73 Å². The molecule has 0 radical (unpaired) electrons. The van der Waals surface area contributed by atoms with Gasteiger partial charge in [-0.15, -0.1) is 0 Å². The molecule has 1 aromatic carbocycles. The number of nitrogens with two attached hydrogens (primary N) is 1. The van der Waals surface area contributed by atoms with Gasteiger partial charge < -0.3 is 10.6 Å². The van der Waals surface area contributed by atoms with E-state index in [-0.39, 0.29) is 18.5 Å². The molecule has 5 heteroatoms. The average Bonchev–Trinajstić information content (AvgIpc) is 2.68. The van der Waals surface area contributed by atoms with Gasteiger partial charge in [0.05, 0.1) is 6.42 Å². The maximum atomic E-state index is 12.2. The van der Waals surface area contributed by atoms with E-state index in [9.17, 15) is 13.2 Å². The second-order valence-corrected chi connectivity index (χ2v) is 4.81. The smallest absolute Gasteiger partial charge is 0.326 e. The zero-order chi connectivity index (χ0) is 13.2. The molecule has 2 N–H and O–H groups in total. The van der Waals surface area contributed by atoms with Crippen LogP contribution in [0.4, 0.5) is 13.2 Å². The Labute approximate surface area is 105 Å². The molecule has 0 aromatic heterocycles. The first-order valence-electron chi connectivity index (χ1n) is 6.05. The van der Waals surface area contributed by atoms with Gasteiger partial charge in [0.15, 0.2) is 0 Å². The van der Waals surface area contributed by atoms with Crippen LogP contribution in [0.1, 0.15) is 17.9 Å². The van der Waals surface area contributed by atoms with Crippen molar-refractivity contribution in [3.8, 4) is 0 Å². The van der Waals surface area contributed by atoms with Gasteiger partial charge in [-0.1, -0.05) is 30.3 Å². The van der Waals surface area contributed by atoms with Crippen molar-refractivity contribution in [1.29, 1.82) is 0 Å². The number of alkyl halides is 3. The molecule has 0 amide bonds. The summed E-state index contributed by atoms with van der Waals surface area (Å²) in [6.07, 6.45) is -4.85. The summed E-state index contributed by atoms with van der Waals surface area (Å²) in [5.41, 5.74) is 7.13. The minimum absolute atomic E-state index is 0.0422. The monoisotopic (exact) mass is 258 g/mol. The van der Waals surface area contributed by atoms with Crippen molar-refractivity contribution in [1.82, 2.24) is 4.90 Å². The number of hydrogen-bond donors (Lipinski definition) is 1. The van der Waals surface area contributed by atoms with Crippen molar-refractivity contribution in [3.05, 3.63) is 35.9 Å². The highest BCUT2D eigenvalue weighted by atomic mass is 19.4. The van der Waals surface area contributed by atoms with Gasteiger partial charge in [-0.2, -0.15) is 13.2 Å². The predicted molar refractivity (Wildman–Crippen MR) is 64.3 cm³/mol. The summed E-state index contributed by atoms with van der Waals surface area (Å²) in [5, 5.41) is 0. The second-order valence-electron chi connectivity index (χ2n) is 4.81. The Morgan fingerprint density at radius 2 is 1.83 bits per heavy atom. The molecule has 2 rings (SSSR count). The molecular formula is C13H17F3N2. The number of hydrogen-bond acceptors (Lipinski definition) is 2. The zero-order valence-electron chi connectivity index (χ0n) is 10.0. The van der Waals surface area contributed by atoms with Gasteiger partial charge in [0, 0.05) is 31.6 Å². The van der Waals surface area contributed by atoms with Crippen LogP contribution in [-0.2, 0) is 0 Å². The third-order valence-corrected chi connectivity index (χ3v) is 3.38. The van der Waals surface area contributed by atoms with Gasteiger partial charge >= 0.3 is 6.18 Å². The number of nitrogens with zero attached hydrogens (tertiary/aromatic N) is 1. The Balaban J connectivity index is 1.93. The minimum atomic E-state index is -4.09. The third kappa shape index (κ3) is 3.46. The standard InChI is InChI=1S/C13H17F3N2/c14-13(15,16)6-7-18-8-11(12(17)9-18)10-4-2-1-3-5-10/h1-5,11-12H,6-9,17H2/t11-,12+/m0/s1. The Bertz CT molecular complexity index is 378. The molecule has 1 aromatic rings. The molecule has 0 spiro atoms. The van der Waals surface area contributed by atoms with Crippen LogP contribution in [-0.4, -0.2) is 36.8 Å². The van der Waals surface area contributed by atoms with Crippen LogP contribution in [0, 0.1) is 0 Å². The van der Waals surface area contributed by atoms with Crippen LogP contribution in [0.3, 0.4) is 0 Å². The third-order valence-electron chi connectivity index (χ3n) is 3.38. The molecule has 18 heavy (non-hydrogen) atoms. The maximum Gasteiger partial charge on any atom is 0.390 e. The summed E-state index contributed by atoms with van der Waals surface area (Å²) in [4.78, 5) is 1.80. The van der Waals surface area contributed by atoms with Crippen molar-refractivity contribution in [2.24, 2.45) is 5.73 Å². The molecular weight excluding hydrogens is 241 g/mol. The van der Waals surface area contributed by atoms with Crippen LogP contribution in [0.15, 0.2) is 30.3 Å². The highest BCUT2D eigenvalue weighted by Crippen LogP contribution is 2.28. The SMILES string of the molecule is N[C@@H]1CN(CCC(F)(F)F)C[C@H]1c1ccccc1. The normalized spacial score (nSPS) is 25.6. The Kier molecular flexibility index (Phi) is 3.92. The van der Waals surface area contributed by atoms with E-state index in [1.54, 1.807) is 4.90 Å². The van der Waals surface area contributed by atoms with Crippen molar-refractivity contribution in [2.45, 2.75) is 24.6 Å². The average molecular weight is 258 g/mol. The maximum absolute atomic E-state index is 12.2. The topological polar surface area (TPSA) is 29.3 Å². The van der Waals surface area contributed by atoms with Crippen LogP contribution in [0.5, 0.6) is 0 Å². The van der Waals surface area contributed by atoms with Gasteiger partial charge in [0.1, 0.15) is 0 Å².